The van der Waals surface area contributed by atoms with Crippen molar-refractivity contribution in [3.8, 4) is 0 Å². The molecule has 0 unspecified atom stereocenters. The summed E-state index contributed by atoms with van der Waals surface area (Å²) in [7, 11) is 0. The first-order valence-corrected chi connectivity index (χ1v) is 6.21. The lowest BCUT2D eigenvalue weighted by Gasteiger charge is -2.17. The van der Waals surface area contributed by atoms with Crippen LogP contribution >= 0.6 is 0 Å². The second-order valence-corrected chi connectivity index (χ2v) is 4.38. The minimum Gasteiger partial charge on any atom is -0.352 e. The number of amides is 2. The van der Waals surface area contributed by atoms with Crippen LogP contribution in [0.1, 0.15) is 37.6 Å². The third-order valence-electron chi connectivity index (χ3n) is 2.78. The monoisotopic (exact) mass is 248 g/mol. The Hall–Kier alpha value is -1.84. The summed E-state index contributed by atoms with van der Waals surface area (Å²) in [5, 5.41) is 5.51. The second-order valence-electron chi connectivity index (χ2n) is 4.38. The Labute approximate surface area is 108 Å². The lowest BCUT2D eigenvalue weighted by atomic mass is 10.2. The van der Waals surface area contributed by atoms with Crippen molar-refractivity contribution in [2.24, 2.45) is 0 Å². The zero-order chi connectivity index (χ0) is 13.5. The number of hydrogen-bond donors (Lipinski definition) is 2. The molecule has 0 bridgehead atoms. The summed E-state index contributed by atoms with van der Waals surface area (Å²) in [5.74, 6) is -0.393. The van der Waals surface area contributed by atoms with Gasteiger partial charge in [0.1, 0.15) is 6.04 Å². The van der Waals surface area contributed by atoms with Gasteiger partial charge in [0.25, 0.3) is 5.91 Å². The lowest BCUT2D eigenvalue weighted by molar-refractivity contribution is -0.123. The molecule has 0 fully saturated rings. The second kappa shape index (κ2) is 6.79. The Balaban J connectivity index is 2.52. The van der Waals surface area contributed by atoms with E-state index in [4.69, 9.17) is 0 Å². The molecule has 1 aromatic rings. The Morgan fingerprint density at radius 3 is 2.28 bits per heavy atom. The summed E-state index contributed by atoms with van der Waals surface area (Å²) < 4.78 is 0. The highest BCUT2D eigenvalue weighted by Gasteiger charge is 2.17. The predicted octanol–water partition coefficient (Wildman–Crippen LogP) is 1.72. The molecule has 0 radical (unpaired) electrons. The van der Waals surface area contributed by atoms with Crippen molar-refractivity contribution < 1.29 is 9.59 Å². The summed E-state index contributed by atoms with van der Waals surface area (Å²) in [5.41, 5.74) is 0.556. The highest BCUT2D eigenvalue weighted by Crippen LogP contribution is 1.99. The van der Waals surface area contributed by atoms with Crippen LogP contribution < -0.4 is 10.6 Å². The van der Waals surface area contributed by atoms with Crippen LogP contribution in [0.25, 0.3) is 0 Å². The molecule has 0 aliphatic heterocycles. The molecule has 2 atom stereocenters. The summed E-state index contributed by atoms with van der Waals surface area (Å²) in [4.78, 5) is 23.6. The van der Waals surface area contributed by atoms with E-state index in [0.29, 0.717) is 5.56 Å². The number of nitrogens with one attached hydrogen (secondary N) is 2. The molecule has 0 aliphatic carbocycles. The first kappa shape index (κ1) is 14.2. The van der Waals surface area contributed by atoms with Gasteiger partial charge in [0.2, 0.25) is 5.91 Å². The van der Waals surface area contributed by atoms with Gasteiger partial charge in [-0.1, -0.05) is 25.1 Å². The molecule has 0 heterocycles. The van der Waals surface area contributed by atoms with Gasteiger partial charge in [-0.15, -0.1) is 0 Å². The quantitative estimate of drug-likeness (QED) is 0.833. The fourth-order valence-corrected chi connectivity index (χ4v) is 1.40. The molecule has 1 aromatic carbocycles. The fraction of sp³-hybridized carbons (Fsp3) is 0.429. The van der Waals surface area contributed by atoms with Crippen molar-refractivity contribution in [1.29, 1.82) is 0 Å². The van der Waals surface area contributed by atoms with Gasteiger partial charge in [-0.05, 0) is 32.4 Å². The van der Waals surface area contributed by atoms with E-state index < -0.39 is 6.04 Å². The van der Waals surface area contributed by atoms with E-state index in [1.807, 2.05) is 19.9 Å². The van der Waals surface area contributed by atoms with Crippen molar-refractivity contribution in [2.45, 2.75) is 39.3 Å². The largest absolute Gasteiger partial charge is 0.352 e. The first-order valence-electron chi connectivity index (χ1n) is 6.21. The van der Waals surface area contributed by atoms with Crippen LogP contribution in [0.4, 0.5) is 0 Å². The Bertz CT molecular complexity index is 404. The molecular formula is C14H20N2O2. The van der Waals surface area contributed by atoms with Gasteiger partial charge < -0.3 is 10.6 Å². The van der Waals surface area contributed by atoms with Gasteiger partial charge in [0.15, 0.2) is 0 Å². The zero-order valence-corrected chi connectivity index (χ0v) is 11.1. The van der Waals surface area contributed by atoms with Gasteiger partial charge in [0, 0.05) is 11.6 Å². The van der Waals surface area contributed by atoms with E-state index >= 15 is 0 Å². The highest BCUT2D eigenvalue weighted by molar-refractivity contribution is 5.97. The topological polar surface area (TPSA) is 58.2 Å². The Kier molecular flexibility index (Phi) is 5.36. The lowest BCUT2D eigenvalue weighted by Crippen LogP contribution is -2.47. The van der Waals surface area contributed by atoms with Crippen molar-refractivity contribution in [3.05, 3.63) is 35.9 Å². The molecule has 1 rings (SSSR count). The minimum atomic E-state index is -0.535. The van der Waals surface area contributed by atoms with E-state index in [-0.39, 0.29) is 17.9 Å². The zero-order valence-electron chi connectivity index (χ0n) is 11.1. The van der Waals surface area contributed by atoms with E-state index in [9.17, 15) is 9.59 Å². The average Bonchev–Trinajstić information content (AvgIpc) is 2.39. The number of carbonyl (C=O) groups excluding carboxylic acids is 2. The van der Waals surface area contributed by atoms with Crippen LogP contribution in [-0.2, 0) is 4.79 Å². The molecule has 98 valence electrons. The third kappa shape index (κ3) is 4.20. The summed E-state index contributed by atoms with van der Waals surface area (Å²) in [6, 6.07) is 8.44. The fourth-order valence-electron chi connectivity index (χ4n) is 1.40. The number of carbonyl (C=O) groups is 2. The first-order chi connectivity index (χ1) is 8.54. The standard InChI is InChI=1S/C14H20N2O2/c1-4-10(2)15-13(17)11(3)16-14(18)12-8-6-5-7-9-12/h5-11H,4H2,1-3H3,(H,15,17)(H,16,18)/t10-,11-/m0/s1. The SMILES string of the molecule is CC[C@H](C)NC(=O)[C@H](C)NC(=O)c1ccccc1. The van der Waals surface area contributed by atoms with Crippen molar-refractivity contribution >= 4 is 11.8 Å². The average molecular weight is 248 g/mol. The van der Waals surface area contributed by atoms with Gasteiger partial charge in [-0.25, -0.2) is 0 Å². The van der Waals surface area contributed by atoms with Gasteiger partial charge in [0.05, 0.1) is 0 Å². The Morgan fingerprint density at radius 1 is 1.11 bits per heavy atom. The number of hydrogen-bond acceptors (Lipinski definition) is 2. The maximum Gasteiger partial charge on any atom is 0.251 e. The van der Waals surface area contributed by atoms with Crippen LogP contribution in [0.3, 0.4) is 0 Å². The third-order valence-corrected chi connectivity index (χ3v) is 2.78. The van der Waals surface area contributed by atoms with E-state index in [1.165, 1.54) is 0 Å². The molecule has 0 spiro atoms. The predicted molar refractivity (Wildman–Crippen MR) is 71.3 cm³/mol. The molecule has 0 aliphatic rings. The normalized spacial score (nSPS) is 13.5. The molecule has 4 nitrogen and oxygen atoms in total. The molecule has 0 saturated carbocycles. The van der Waals surface area contributed by atoms with Gasteiger partial charge in [-0.2, -0.15) is 0 Å². The highest BCUT2D eigenvalue weighted by atomic mass is 16.2. The molecular weight excluding hydrogens is 228 g/mol. The molecule has 0 aromatic heterocycles. The van der Waals surface area contributed by atoms with E-state index in [1.54, 1.807) is 31.2 Å². The smallest absolute Gasteiger partial charge is 0.251 e. The number of rotatable bonds is 5. The van der Waals surface area contributed by atoms with E-state index in [2.05, 4.69) is 10.6 Å². The van der Waals surface area contributed by atoms with Crippen LogP contribution in [0, 0.1) is 0 Å². The van der Waals surface area contributed by atoms with Gasteiger partial charge >= 0.3 is 0 Å². The van der Waals surface area contributed by atoms with Gasteiger partial charge in [-0.3, -0.25) is 9.59 Å². The minimum absolute atomic E-state index is 0.119. The van der Waals surface area contributed by atoms with Crippen LogP contribution in [0.15, 0.2) is 30.3 Å². The summed E-state index contributed by atoms with van der Waals surface area (Å²) in [6.45, 7) is 5.61. The number of benzene rings is 1. The van der Waals surface area contributed by atoms with Crippen LogP contribution in [0.2, 0.25) is 0 Å². The maximum atomic E-state index is 11.8. The Morgan fingerprint density at radius 2 is 1.72 bits per heavy atom. The molecule has 4 heteroatoms. The van der Waals surface area contributed by atoms with Crippen LogP contribution in [-0.4, -0.2) is 23.9 Å². The summed E-state index contributed by atoms with van der Waals surface area (Å²) in [6.07, 6.45) is 0.866. The van der Waals surface area contributed by atoms with Crippen molar-refractivity contribution in [3.63, 3.8) is 0 Å². The van der Waals surface area contributed by atoms with Crippen molar-refractivity contribution in [1.82, 2.24) is 10.6 Å². The molecule has 2 amide bonds. The van der Waals surface area contributed by atoms with E-state index in [0.717, 1.165) is 6.42 Å². The maximum absolute atomic E-state index is 11.8. The van der Waals surface area contributed by atoms with Crippen molar-refractivity contribution in [2.75, 3.05) is 0 Å². The van der Waals surface area contributed by atoms with Crippen LogP contribution in [0.5, 0.6) is 0 Å². The molecule has 2 N–H and O–H groups in total. The molecule has 18 heavy (non-hydrogen) atoms. The molecule has 0 saturated heterocycles. The summed E-state index contributed by atoms with van der Waals surface area (Å²) >= 11 is 0.